The molecule has 2 rings (SSSR count). The van der Waals surface area contributed by atoms with E-state index in [0.29, 0.717) is 0 Å². The quantitative estimate of drug-likeness (QED) is 0.372. The van der Waals surface area contributed by atoms with Gasteiger partial charge in [-0.1, -0.05) is 24.3 Å². The second kappa shape index (κ2) is 9.18. The molecule has 1 N–H and O–H groups in total. The lowest BCUT2D eigenvalue weighted by molar-refractivity contribution is 0.195. The van der Waals surface area contributed by atoms with Gasteiger partial charge in [-0.3, -0.25) is 4.99 Å². The predicted octanol–water partition coefficient (Wildman–Crippen LogP) is 2.27. The zero-order valence-corrected chi connectivity index (χ0v) is 14.6. The summed E-state index contributed by atoms with van der Waals surface area (Å²) >= 11 is 0. The van der Waals surface area contributed by atoms with Crippen LogP contribution >= 0.6 is 24.0 Å². The molecule has 0 atom stereocenters. The Bertz CT molecular complexity index is 437. The lowest BCUT2D eigenvalue weighted by Gasteiger charge is -2.31. The molecule has 0 aliphatic carbocycles. The molecule has 1 aliphatic rings. The van der Waals surface area contributed by atoms with Crippen molar-refractivity contribution in [3.05, 3.63) is 35.4 Å². The number of nitrogens with one attached hydrogen (secondary N) is 1. The van der Waals surface area contributed by atoms with Crippen LogP contribution in [0.5, 0.6) is 0 Å². The fourth-order valence-electron chi connectivity index (χ4n) is 2.43. The third-order valence-corrected chi connectivity index (χ3v) is 3.45. The van der Waals surface area contributed by atoms with Crippen molar-refractivity contribution < 1.29 is 4.74 Å². The summed E-state index contributed by atoms with van der Waals surface area (Å²) in [6, 6.07) is 8.66. The smallest absolute Gasteiger partial charge is 0.193 e. The molecule has 0 amide bonds. The van der Waals surface area contributed by atoms with Gasteiger partial charge in [0.05, 0.1) is 0 Å². The Kier molecular flexibility index (Phi) is 7.91. The number of methoxy groups -OCH3 is 1. The van der Waals surface area contributed by atoms with Crippen LogP contribution in [-0.2, 0) is 17.7 Å². The Morgan fingerprint density at radius 2 is 2.10 bits per heavy atom. The molecule has 112 valence electrons. The van der Waals surface area contributed by atoms with E-state index in [2.05, 4.69) is 39.5 Å². The van der Waals surface area contributed by atoms with E-state index in [1.54, 1.807) is 7.11 Å². The number of nitrogens with zero attached hydrogens (tertiary/aromatic N) is 2. The van der Waals surface area contributed by atoms with Crippen LogP contribution in [0.1, 0.15) is 17.5 Å². The fraction of sp³-hybridized carbons (Fsp3) is 0.533. The lowest BCUT2D eigenvalue weighted by Crippen LogP contribution is -2.44. The zero-order valence-electron chi connectivity index (χ0n) is 12.3. The molecule has 5 heteroatoms. The van der Waals surface area contributed by atoms with E-state index in [9.17, 15) is 0 Å². The highest BCUT2D eigenvalue weighted by Crippen LogP contribution is 2.18. The minimum Gasteiger partial charge on any atom is -0.385 e. The number of hydrogen-bond donors (Lipinski definition) is 1. The highest BCUT2D eigenvalue weighted by Gasteiger charge is 2.18. The van der Waals surface area contributed by atoms with E-state index in [4.69, 9.17) is 4.74 Å². The standard InChI is InChI=1S/C15H23N3O.HI/c1-16-15(17-9-5-11-19-2)18-10-8-13-6-3-4-7-14(13)12-18;/h3-4,6-7H,5,8-12H2,1-2H3,(H,16,17);1H. The van der Waals surface area contributed by atoms with Gasteiger partial charge in [0.25, 0.3) is 0 Å². The number of benzene rings is 1. The summed E-state index contributed by atoms with van der Waals surface area (Å²) < 4.78 is 5.06. The molecule has 0 unspecified atom stereocenters. The molecular formula is C15H24IN3O. The second-order valence-corrected chi connectivity index (χ2v) is 4.76. The van der Waals surface area contributed by atoms with Crippen LogP contribution in [0, 0.1) is 0 Å². The molecule has 0 spiro atoms. The van der Waals surface area contributed by atoms with Crippen molar-refractivity contribution in [3.63, 3.8) is 0 Å². The molecule has 0 aromatic heterocycles. The number of rotatable bonds is 4. The van der Waals surface area contributed by atoms with Gasteiger partial charge in [0.15, 0.2) is 5.96 Å². The molecule has 0 bridgehead atoms. The van der Waals surface area contributed by atoms with Crippen LogP contribution in [0.2, 0.25) is 0 Å². The summed E-state index contributed by atoms with van der Waals surface area (Å²) in [5.41, 5.74) is 2.88. The van der Waals surface area contributed by atoms with E-state index in [1.165, 1.54) is 11.1 Å². The summed E-state index contributed by atoms with van der Waals surface area (Å²) in [7, 11) is 3.58. The first-order valence-corrected chi connectivity index (χ1v) is 6.86. The fourth-order valence-corrected chi connectivity index (χ4v) is 2.43. The molecule has 1 aromatic carbocycles. The first kappa shape index (κ1) is 17.2. The molecule has 20 heavy (non-hydrogen) atoms. The third-order valence-electron chi connectivity index (χ3n) is 3.45. The van der Waals surface area contributed by atoms with Gasteiger partial charge in [-0.05, 0) is 24.0 Å². The normalized spacial score (nSPS) is 14.5. The van der Waals surface area contributed by atoms with Gasteiger partial charge in [0.2, 0.25) is 0 Å². The Hall–Kier alpha value is -0.820. The number of aliphatic imine (C=N–C) groups is 1. The summed E-state index contributed by atoms with van der Waals surface area (Å²) in [6.07, 6.45) is 2.09. The predicted molar refractivity (Wildman–Crippen MR) is 93.8 cm³/mol. The maximum atomic E-state index is 5.06. The molecule has 4 nitrogen and oxygen atoms in total. The van der Waals surface area contributed by atoms with E-state index >= 15 is 0 Å². The number of hydrogen-bond acceptors (Lipinski definition) is 2. The van der Waals surface area contributed by atoms with Crippen LogP contribution in [0.15, 0.2) is 29.3 Å². The molecule has 0 fully saturated rings. The van der Waals surface area contributed by atoms with Gasteiger partial charge in [0, 0.05) is 40.4 Å². The lowest BCUT2D eigenvalue weighted by atomic mass is 10.0. The highest BCUT2D eigenvalue weighted by atomic mass is 127. The average molecular weight is 389 g/mol. The van der Waals surface area contributed by atoms with E-state index in [-0.39, 0.29) is 24.0 Å². The highest BCUT2D eigenvalue weighted by molar-refractivity contribution is 14.0. The Morgan fingerprint density at radius 1 is 1.35 bits per heavy atom. The third kappa shape index (κ3) is 4.63. The molecule has 1 aromatic rings. The number of fused-ring (bicyclic) bond motifs is 1. The van der Waals surface area contributed by atoms with Gasteiger partial charge in [-0.25, -0.2) is 0 Å². The Morgan fingerprint density at radius 3 is 2.80 bits per heavy atom. The Labute approximate surface area is 138 Å². The summed E-state index contributed by atoms with van der Waals surface area (Å²) in [4.78, 5) is 6.69. The number of guanidine groups is 1. The van der Waals surface area contributed by atoms with Crippen LogP contribution in [0.4, 0.5) is 0 Å². The summed E-state index contributed by atoms with van der Waals surface area (Å²) in [5, 5.41) is 3.40. The summed E-state index contributed by atoms with van der Waals surface area (Å²) in [5.74, 6) is 0.991. The zero-order chi connectivity index (χ0) is 13.5. The maximum Gasteiger partial charge on any atom is 0.193 e. The van der Waals surface area contributed by atoms with Crippen molar-refractivity contribution >= 4 is 29.9 Å². The molecule has 1 aliphatic heterocycles. The van der Waals surface area contributed by atoms with E-state index in [0.717, 1.165) is 45.0 Å². The van der Waals surface area contributed by atoms with E-state index in [1.807, 2.05) is 7.05 Å². The van der Waals surface area contributed by atoms with Crippen molar-refractivity contribution in [2.75, 3.05) is 33.9 Å². The van der Waals surface area contributed by atoms with Gasteiger partial charge in [-0.2, -0.15) is 0 Å². The Balaban J connectivity index is 0.00000200. The van der Waals surface area contributed by atoms with Crippen LogP contribution in [-0.4, -0.2) is 44.7 Å². The average Bonchev–Trinajstić information content (AvgIpc) is 2.47. The SMILES string of the molecule is CN=C(NCCCOC)N1CCc2ccccc2C1.I. The topological polar surface area (TPSA) is 36.9 Å². The largest absolute Gasteiger partial charge is 0.385 e. The van der Waals surface area contributed by atoms with Gasteiger partial charge in [0.1, 0.15) is 0 Å². The monoisotopic (exact) mass is 389 g/mol. The molecule has 0 saturated carbocycles. The van der Waals surface area contributed by atoms with E-state index < -0.39 is 0 Å². The van der Waals surface area contributed by atoms with Crippen molar-refractivity contribution in [1.82, 2.24) is 10.2 Å². The van der Waals surface area contributed by atoms with Gasteiger partial charge >= 0.3 is 0 Å². The van der Waals surface area contributed by atoms with Gasteiger partial charge < -0.3 is 15.0 Å². The van der Waals surface area contributed by atoms with Crippen molar-refractivity contribution in [3.8, 4) is 0 Å². The molecule has 0 saturated heterocycles. The molecule has 0 radical (unpaired) electrons. The maximum absolute atomic E-state index is 5.06. The minimum atomic E-state index is 0. The van der Waals surface area contributed by atoms with Crippen LogP contribution in [0.25, 0.3) is 0 Å². The van der Waals surface area contributed by atoms with Crippen LogP contribution in [0.3, 0.4) is 0 Å². The van der Waals surface area contributed by atoms with Crippen LogP contribution < -0.4 is 5.32 Å². The second-order valence-electron chi connectivity index (χ2n) is 4.76. The first-order chi connectivity index (χ1) is 9.35. The first-order valence-electron chi connectivity index (χ1n) is 6.86. The number of ether oxygens (including phenoxy) is 1. The molecular weight excluding hydrogens is 365 g/mol. The van der Waals surface area contributed by atoms with Crippen molar-refractivity contribution in [2.24, 2.45) is 4.99 Å². The van der Waals surface area contributed by atoms with Crippen molar-refractivity contribution in [1.29, 1.82) is 0 Å². The summed E-state index contributed by atoms with van der Waals surface area (Å²) in [6.45, 7) is 3.66. The minimum absolute atomic E-state index is 0. The molecule has 1 heterocycles. The number of halogens is 1. The van der Waals surface area contributed by atoms with Gasteiger partial charge in [-0.15, -0.1) is 24.0 Å². The van der Waals surface area contributed by atoms with Crippen molar-refractivity contribution in [2.45, 2.75) is 19.4 Å².